The number of pyridine rings is 1. The summed E-state index contributed by atoms with van der Waals surface area (Å²) in [5.41, 5.74) is 6.54. The Kier molecular flexibility index (Phi) is 1.29. The Labute approximate surface area is 68.0 Å². The molecule has 2 rings (SSSR count). The predicted octanol–water partition coefficient (Wildman–Crippen LogP) is 1.58. The Morgan fingerprint density at radius 1 is 1.55 bits per heavy atom. The molecule has 0 radical (unpaired) electrons. The number of hydrogen-bond acceptors (Lipinski definition) is 4. The van der Waals surface area contributed by atoms with E-state index in [-0.39, 0.29) is 0 Å². The van der Waals surface area contributed by atoms with Crippen molar-refractivity contribution in [3.8, 4) is 0 Å². The highest BCUT2D eigenvalue weighted by Crippen LogP contribution is 2.21. The maximum Gasteiger partial charge on any atom is 0.124 e. The van der Waals surface area contributed by atoms with Gasteiger partial charge in [-0.25, -0.2) is 4.98 Å². The van der Waals surface area contributed by atoms with Crippen molar-refractivity contribution in [3.63, 3.8) is 0 Å². The van der Waals surface area contributed by atoms with Crippen molar-refractivity contribution in [2.45, 2.75) is 6.92 Å². The van der Waals surface area contributed by atoms with Gasteiger partial charge in [0, 0.05) is 11.6 Å². The lowest BCUT2D eigenvalue weighted by Crippen LogP contribution is -1.87. The highest BCUT2D eigenvalue weighted by atomic mass is 32.1. The van der Waals surface area contributed by atoms with Crippen LogP contribution in [0.2, 0.25) is 0 Å². The van der Waals surface area contributed by atoms with Crippen molar-refractivity contribution in [2.24, 2.45) is 0 Å². The standard InChI is InChI=1S/C7H7N3S/c1-4-5-2-7(8)9-3-6(5)11-10-4/h2-3H,1H3,(H2,8,9). The van der Waals surface area contributed by atoms with Crippen LogP contribution in [0.3, 0.4) is 0 Å². The van der Waals surface area contributed by atoms with Gasteiger partial charge in [-0.15, -0.1) is 0 Å². The molecular weight excluding hydrogens is 158 g/mol. The number of anilines is 1. The van der Waals surface area contributed by atoms with Crippen LogP contribution >= 0.6 is 11.5 Å². The molecule has 0 aromatic carbocycles. The minimum Gasteiger partial charge on any atom is -0.384 e. The van der Waals surface area contributed by atoms with Gasteiger partial charge >= 0.3 is 0 Å². The second kappa shape index (κ2) is 2.17. The second-order valence-electron chi connectivity index (χ2n) is 2.37. The largest absolute Gasteiger partial charge is 0.384 e. The zero-order valence-corrected chi connectivity index (χ0v) is 6.85. The van der Waals surface area contributed by atoms with Gasteiger partial charge in [-0.3, -0.25) is 0 Å². The van der Waals surface area contributed by atoms with Crippen molar-refractivity contribution >= 4 is 27.4 Å². The highest BCUT2D eigenvalue weighted by molar-refractivity contribution is 7.13. The van der Waals surface area contributed by atoms with Crippen molar-refractivity contribution in [3.05, 3.63) is 18.0 Å². The molecule has 0 amide bonds. The summed E-state index contributed by atoms with van der Waals surface area (Å²) in [5, 5.41) is 1.11. The Bertz CT molecular complexity index is 393. The summed E-state index contributed by atoms with van der Waals surface area (Å²) in [6, 6.07) is 1.86. The van der Waals surface area contributed by atoms with Crippen LogP contribution in [-0.2, 0) is 0 Å². The first-order valence-electron chi connectivity index (χ1n) is 3.25. The molecule has 0 aliphatic heterocycles. The maximum atomic E-state index is 5.52. The summed E-state index contributed by atoms with van der Waals surface area (Å²) in [7, 11) is 0. The molecule has 56 valence electrons. The molecule has 2 heterocycles. The summed E-state index contributed by atoms with van der Waals surface area (Å²) < 4.78 is 5.28. The fourth-order valence-electron chi connectivity index (χ4n) is 0.981. The van der Waals surface area contributed by atoms with Gasteiger partial charge in [-0.1, -0.05) is 0 Å². The third-order valence-electron chi connectivity index (χ3n) is 1.56. The number of aromatic nitrogens is 2. The first-order chi connectivity index (χ1) is 5.27. The molecule has 2 aromatic heterocycles. The monoisotopic (exact) mass is 165 g/mol. The van der Waals surface area contributed by atoms with E-state index >= 15 is 0 Å². The molecule has 0 unspecified atom stereocenters. The van der Waals surface area contributed by atoms with Crippen molar-refractivity contribution in [1.82, 2.24) is 9.36 Å². The summed E-state index contributed by atoms with van der Waals surface area (Å²) in [5.74, 6) is 0.556. The lowest BCUT2D eigenvalue weighted by molar-refractivity contribution is 1.35. The van der Waals surface area contributed by atoms with Gasteiger partial charge in [0.1, 0.15) is 5.82 Å². The third kappa shape index (κ3) is 0.952. The number of nitrogen functional groups attached to an aromatic ring is 1. The van der Waals surface area contributed by atoms with Gasteiger partial charge in [0.05, 0.1) is 10.4 Å². The Hall–Kier alpha value is -1.16. The van der Waals surface area contributed by atoms with Crippen LogP contribution in [0.25, 0.3) is 10.1 Å². The molecule has 0 saturated carbocycles. The molecule has 0 spiro atoms. The van der Waals surface area contributed by atoms with E-state index in [1.165, 1.54) is 11.5 Å². The summed E-state index contributed by atoms with van der Waals surface area (Å²) >= 11 is 1.45. The molecule has 2 aromatic rings. The Morgan fingerprint density at radius 2 is 2.36 bits per heavy atom. The lowest BCUT2D eigenvalue weighted by Gasteiger charge is -1.90. The first-order valence-corrected chi connectivity index (χ1v) is 4.02. The number of nitrogens with two attached hydrogens (primary N) is 1. The lowest BCUT2D eigenvalue weighted by atomic mass is 10.3. The molecule has 0 aliphatic carbocycles. The molecule has 3 nitrogen and oxygen atoms in total. The van der Waals surface area contributed by atoms with Crippen LogP contribution in [0.1, 0.15) is 5.69 Å². The summed E-state index contributed by atoms with van der Waals surface area (Å²) in [4.78, 5) is 3.97. The summed E-state index contributed by atoms with van der Waals surface area (Å²) in [6.07, 6.45) is 1.76. The molecule has 2 N–H and O–H groups in total. The van der Waals surface area contributed by atoms with E-state index in [9.17, 15) is 0 Å². The number of fused-ring (bicyclic) bond motifs is 1. The van der Waals surface area contributed by atoms with E-state index in [0.717, 1.165) is 15.8 Å². The normalized spacial score (nSPS) is 10.6. The summed E-state index contributed by atoms with van der Waals surface area (Å²) in [6.45, 7) is 1.97. The van der Waals surface area contributed by atoms with Gasteiger partial charge in [-0.05, 0) is 24.5 Å². The zero-order valence-electron chi connectivity index (χ0n) is 6.03. The SMILES string of the molecule is Cc1nsc2cnc(N)cc12. The van der Waals surface area contributed by atoms with Gasteiger partial charge in [-0.2, -0.15) is 4.37 Å². The van der Waals surface area contributed by atoms with Crippen LogP contribution in [0.15, 0.2) is 12.3 Å². The molecule has 0 atom stereocenters. The minimum absolute atomic E-state index is 0.556. The quantitative estimate of drug-likeness (QED) is 0.644. The fourth-order valence-corrected chi connectivity index (χ4v) is 1.72. The minimum atomic E-state index is 0.556. The van der Waals surface area contributed by atoms with Gasteiger partial charge in [0.2, 0.25) is 0 Å². The van der Waals surface area contributed by atoms with E-state index in [1.54, 1.807) is 6.20 Å². The maximum absolute atomic E-state index is 5.52. The van der Waals surface area contributed by atoms with Crippen LogP contribution in [0, 0.1) is 6.92 Å². The number of hydrogen-bond donors (Lipinski definition) is 1. The van der Waals surface area contributed by atoms with E-state index < -0.39 is 0 Å². The van der Waals surface area contributed by atoms with E-state index in [2.05, 4.69) is 9.36 Å². The van der Waals surface area contributed by atoms with Gasteiger partial charge in [0.25, 0.3) is 0 Å². The fraction of sp³-hybridized carbons (Fsp3) is 0.143. The van der Waals surface area contributed by atoms with E-state index in [1.807, 2.05) is 13.0 Å². The molecule has 11 heavy (non-hydrogen) atoms. The molecule has 0 fully saturated rings. The molecule has 0 bridgehead atoms. The third-order valence-corrected chi connectivity index (χ3v) is 2.45. The van der Waals surface area contributed by atoms with Crippen LogP contribution < -0.4 is 5.73 Å². The number of nitrogens with zero attached hydrogens (tertiary/aromatic N) is 2. The van der Waals surface area contributed by atoms with Crippen molar-refractivity contribution in [2.75, 3.05) is 5.73 Å². The molecular formula is C7H7N3S. The second-order valence-corrected chi connectivity index (χ2v) is 3.18. The van der Waals surface area contributed by atoms with Crippen LogP contribution in [0.5, 0.6) is 0 Å². The number of aryl methyl sites for hydroxylation is 1. The topological polar surface area (TPSA) is 51.8 Å². The smallest absolute Gasteiger partial charge is 0.124 e. The van der Waals surface area contributed by atoms with Crippen molar-refractivity contribution in [1.29, 1.82) is 0 Å². The zero-order chi connectivity index (χ0) is 7.84. The van der Waals surface area contributed by atoms with Gasteiger partial charge in [0.15, 0.2) is 0 Å². The Balaban J connectivity index is 2.87. The number of rotatable bonds is 0. The van der Waals surface area contributed by atoms with E-state index in [0.29, 0.717) is 5.82 Å². The van der Waals surface area contributed by atoms with E-state index in [4.69, 9.17) is 5.73 Å². The van der Waals surface area contributed by atoms with Crippen LogP contribution in [0.4, 0.5) is 5.82 Å². The average molecular weight is 165 g/mol. The van der Waals surface area contributed by atoms with Crippen molar-refractivity contribution < 1.29 is 0 Å². The molecule has 4 heteroatoms. The highest BCUT2D eigenvalue weighted by Gasteiger charge is 2.01. The molecule has 0 saturated heterocycles. The Morgan fingerprint density at radius 3 is 3.18 bits per heavy atom. The predicted molar refractivity (Wildman–Crippen MR) is 46.6 cm³/mol. The molecule has 0 aliphatic rings. The first kappa shape index (κ1) is 6.54. The van der Waals surface area contributed by atoms with Gasteiger partial charge < -0.3 is 5.73 Å². The average Bonchev–Trinajstić information content (AvgIpc) is 2.33. The van der Waals surface area contributed by atoms with Crippen LogP contribution in [-0.4, -0.2) is 9.36 Å².